The Morgan fingerprint density at radius 2 is 2.00 bits per heavy atom. The van der Waals surface area contributed by atoms with Crippen LogP contribution in [0.2, 0.25) is 0 Å². The lowest BCUT2D eigenvalue weighted by atomic mass is 10.1. The summed E-state index contributed by atoms with van der Waals surface area (Å²) in [6.07, 6.45) is 0. The first kappa shape index (κ1) is 10.7. The van der Waals surface area contributed by atoms with Gasteiger partial charge in [-0.2, -0.15) is 0 Å². The fourth-order valence-electron chi connectivity index (χ4n) is 2.01. The molecule has 15 heavy (non-hydrogen) atoms. The third-order valence-electron chi connectivity index (χ3n) is 2.66. The fraction of sp³-hybridized carbons (Fsp3) is 0.333. The zero-order valence-electron chi connectivity index (χ0n) is 9.19. The van der Waals surface area contributed by atoms with E-state index in [1.807, 2.05) is 6.92 Å². The third-order valence-corrected chi connectivity index (χ3v) is 3.48. The first-order valence-corrected chi connectivity index (χ1v) is 5.84. The number of H-pyrrole nitrogens is 1. The van der Waals surface area contributed by atoms with Crippen molar-refractivity contribution < 1.29 is 0 Å². The average molecular weight is 267 g/mol. The van der Waals surface area contributed by atoms with Gasteiger partial charge >= 0.3 is 0 Å². The van der Waals surface area contributed by atoms with E-state index in [1.54, 1.807) is 0 Å². The summed E-state index contributed by atoms with van der Waals surface area (Å²) in [6, 6.07) is 4.36. The number of aromatic nitrogens is 1. The second kappa shape index (κ2) is 3.65. The maximum absolute atomic E-state index is 5.91. The van der Waals surface area contributed by atoms with Crippen LogP contribution in [0.1, 0.15) is 29.8 Å². The molecule has 2 rings (SSSR count). The maximum atomic E-state index is 5.91. The smallest absolute Gasteiger partial charge is 0.0480 e. The summed E-state index contributed by atoms with van der Waals surface area (Å²) in [5.41, 5.74) is 10.7. The molecule has 0 spiro atoms. The topological polar surface area (TPSA) is 41.8 Å². The molecular formula is C12H15BrN2. The van der Waals surface area contributed by atoms with Gasteiger partial charge < -0.3 is 10.7 Å². The zero-order valence-corrected chi connectivity index (χ0v) is 10.8. The van der Waals surface area contributed by atoms with Crippen LogP contribution in [0.25, 0.3) is 10.9 Å². The summed E-state index contributed by atoms with van der Waals surface area (Å²) in [5, 5.41) is 1.24. The Morgan fingerprint density at radius 1 is 1.33 bits per heavy atom. The molecule has 0 bridgehead atoms. The van der Waals surface area contributed by atoms with Gasteiger partial charge in [0.25, 0.3) is 0 Å². The van der Waals surface area contributed by atoms with Crippen LogP contribution in [0.3, 0.4) is 0 Å². The van der Waals surface area contributed by atoms with Gasteiger partial charge in [0, 0.05) is 27.1 Å². The molecule has 1 heterocycles. The van der Waals surface area contributed by atoms with Gasteiger partial charge in [0.2, 0.25) is 0 Å². The summed E-state index contributed by atoms with van der Waals surface area (Å²) in [5.74, 6) is 0. The summed E-state index contributed by atoms with van der Waals surface area (Å²) in [6.45, 7) is 6.21. The second-order valence-electron chi connectivity index (χ2n) is 4.15. The number of halogens is 1. The van der Waals surface area contributed by atoms with Gasteiger partial charge in [-0.25, -0.2) is 0 Å². The van der Waals surface area contributed by atoms with Crippen LogP contribution in [0.5, 0.6) is 0 Å². The molecule has 80 valence electrons. The molecule has 3 N–H and O–H groups in total. The van der Waals surface area contributed by atoms with Crippen molar-refractivity contribution in [3.8, 4) is 0 Å². The minimum absolute atomic E-state index is 0.0199. The maximum Gasteiger partial charge on any atom is 0.0480 e. The molecule has 3 heteroatoms. The van der Waals surface area contributed by atoms with E-state index in [0.717, 1.165) is 15.7 Å². The van der Waals surface area contributed by atoms with Gasteiger partial charge in [-0.15, -0.1) is 0 Å². The molecule has 0 saturated carbocycles. The number of aromatic amines is 1. The molecule has 0 fully saturated rings. The highest BCUT2D eigenvalue weighted by Crippen LogP contribution is 2.33. The molecular weight excluding hydrogens is 252 g/mol. The number of benzene rings is 1. The number of aryl methyl sites for hydroxylation is 2. The molecule has 1 aromatic carbocycles. The van der Waals surface area contributed by atoms with E-state index in [9.17, 15) is 0 Å². The standard InChI is InChI=1S/C12H15BrN2/c1-6-4-7(2)10-9(5-6)15-12(8(3)14)11(10)13/h4-5,8,15H,14H2,1-3H3. The van der Waals surface area contributed by atoms with Crippen molar-refractivity contribution in [3.05, 3.63) is 33.4 Å². The Labute approximate surface area is 98.0 Å². The highest BCUT2D eigenvalue weighted by atomic mass is 79.9. The van der Waals surface area contributed by atoms with Gasteiger partial charge in [0.15, 0.2) is 0 Å². The molecule has 1 unspecified atom stereocenters. The van der Waals surface area contributed by atoms with Crippen LogP contribution in [-0.2, 0) is 0 Å². The first-order chi connectivity index (χ1) is 7.00. The predicted molar refractivity (Wildman–Crippen MR) is 68.1 cm³/mol. The van der Waals surface area contributed by atoms with Crippen LogP contribution in [0, 0.1) is 13.8 Å². The van der Waals surface area contributed by atoms with Gasteiger partial charge in [0.1, 0.15) is 0 Å². The Kier molecular flexibility index (Phi) is 2.61. The highest BCUT2D eigenvalue weighted by Gasteiger charge is 2.13. The van der Waals surface area contributed by atoms with E-state index in [0.29, 0.717) is 0 Å². The van der Waals surface area contributed by atoms with E-state index in [4.69, 9.17) is 5.73 Å². The van der Waals surface area contributed by atoms with Crippen molar-refractivity contribution in [2.24, 2.45) is 5.73 Å². The Morgan fingerprint density at radius 3 is 2.60 bits per heavy atom. The van der Waals surface area contributed by atoms with Crippen LogP contribution >= 0.6 is 15.9 Å². The van der Waals surface area contributed by atoms with Crippen molar-refractivity contribution in [1.29, 1.82) is 0 Å². The van der Waals surface area contributed by atoms with Crippen molar-refractivity contribution in [3.63, 3.8) is 0 Å². The number of fused-ring (bicyclic) bond motifs is 1. The van der Waals surface area contributed by atoms with Crippen molar-refractivity contribution in [2.75, 3.05) is 0 Å². The summed E-state index contributed by atoms with van der Waals surface area (Å²) < 4.78 is 1.10. The number of hydrogen-bond acceptors (Lipinski definition) is 1. The van der Waals surface area contributed by atoms with Gasteiger partial charge in [-0.05, 0) is 53.9 Å². The number of nitrogens with two attached hydrogens (primary N) is 1. The largest absolute Gasteiger partial charge is 0.356 e. The van der Waals surface area contributed by atoms with Crippen molar-refractivity contribution >= 4 is 26.8 Å². The Bertz CT molecular complexity index is 512. The Hall–Kier alpha value is -0.800. The molecule has 0 amide bonds. The zero-order chi connectivity index (χ0) is 11.2. The molecule has 1 aromatic heterocycles. The Balaban J connectivity index is 2.82. The monoisotopic (exact) mass is 266 g/mol. The normalized spacial score (nSPS) is 13.4. The fourth-order valence-corrected chi connectivity index (χ4v) is 2.99. The van der Waals surface area contributed by atoms with E-state index < -0.39 is 0 Å². The molecule has 0 saturated heterocycles. The molecule has 0 aliphatic carbocycles. The van der Waals surface area contributed by atoms with E-state index in [2.05, 4.69) is 46.9 Å². The van der Waals surface area contributed by atoms with E-state index >= 15 is 0 Å². The first-order valence-electron chi connectivity index (χ1n) is 5.04. The molecule has 1 atom stereocenters. The van der Waals surface area contributed by atoms with Crippen molar-refractivity contribution in [2.45, 2.75) is 26.8 Å². The molecule has 0 aliphatic rings. The van der Waals surface area contributed by atoms with Crippen LogP contribution in [0.4, 0.5) is 0 Å². The quantitative estimate of drug-likeness (QED) is 0.814. The van der Waals surface area contributed by atoms with E-state index in [-0.39, 0.29) is 6.04 Å². The van der Waals surface area contributed by atoms with Gasteiger partial charge in [-0.3, -0.25) is 0 Å². The molecule has 2 nitrogen and oxygen atoms in total. The average Bonchev–Trinajstić information content (AvgIpc) is 2.42. The molecule has 0 radical (unpaired) electrons. The highest BCUT2D eigenvalue weighted by molar-refractivity contribution is 9.10. The minimum Gasteiger partial charge on any atom is -0.356 e. The van der Waals surface area contributed by atoms with Crippen LogP contribution in [-0.4, -0.2) is 4.98 Å². The lowest BCUT2D eigenvalue weighted by molar-refractivity contribution is 0.788. The summed E-state index contributed by atoms with van der Waals surface area (Å²) in [4.78, 5) is 3.37. The van der Waals surface area contributed by atoms with E-state index in [1.165, 1.54) is 16.5 Å². The molecule has 0 aliphatic heterocycles. The molecule has 2 aromatic rings. The SMILES string of the molecule is Cc1cc(C)c2c(Br)c(C(C)N)[nH]c2c1. The second-order valence-corrected chi connectivity index (χ2v) is 4.94. The van der Waals surface area contributed by atoms with Crippen molar-refractivity contribution in [1.82, 2.24) is 4.98 Å². The summed E-state index contributed by atoms with van der Waals surface area (Å²) >= 11 is 3.62. The van der Waals surface area contributed by atoms with Crippen LogP contribution < -0.4 is 5.73 Å². The minimum atomic E-state index is 0.0199. The summed E-state index contributed by atoms with van der Waals surface area (Å²) in [7, 11) is 0. The van der Waals surface area contributed by atoms with Crippen LogP contribution in [0.15, 0.2) is 16.6 Å². The lowest BCUT2D eigenvalue weighted by Gasteiger charge is -2.02. The number of nitrogens with one attached hydrogen (secondary N) is 1. The van der Waals surface area contributed by atoms with Gasteiger partial charge in [0.05, 0.1) is 0 Å². The number of rotatable bonds is 1. The lowest BCUT2D eigenvalue weighted by Crippen LogP contribution is -2.05. The number of hydrogen-bond donors (Lipinski definition) is 2. The van der Waals surface area contributed by atoms with Gasteiger partial charge in [-0.1, -0.05) is 6.07 Å². The predicted octanol–water partition coefficient (Wildman–Crippen LogP) is 3.57. The third kappa shape index (κ3) is 1.70.